The first-order valence-corrected chi connectivity index (χ1v) is 13.1. The number of rotatable bonds is 4. The number of ether oxygens (including phenoxy) is 3. The molecule has 0 aromatic carbocycles. The van der Waals surface area contributed by atoms with Crippen LogP contribution in [0, 0.1) is 34.5 Å². The monoisotopic (exact) mass is 550 g/mol. The molecule has 2 heterocycles. The maximum Gasteiger partial charge on any atom is 0.348 e. The number of esters is 2. The zero-order valence-electron chi connectivity index (χ0n) is 22.4. The van der Waals surface area contributed by atoms with Crippen molar-refractivity contribution in [1.29, 1.82) is 0 Å². The molecule has 214 valence electrons. The molecule has 12 nitrogen and oxygen atoms in total. The standard InChI is InChI=1S/C27H34O12/c1-10(24(3,4)36)6-15(29)39-18-20-26-9-37-27(20,23(34)35)21(32)17(31)19(26)25(5)8-13(28)16(30)11(2)12(25)7-14(26)38-22(18)33/h6,11-12,14,17-21,31-32,36H,7-9H2,1-5H3,(H,34,35). The van der Waals surface area contributed by atoms with Crippen molar-refractivity contribution in [3.8, 4) is 0 Å². The molecule has 39 heavy (non-hydrogen) atoms. The summed E-state index contributed by atoms with van der Waals surface area (Å²) in [6.45, 7) is 7.33. The minimum absolute atomic E-state index is 0.0929. The van der Waals surface area contributed by atoms with Gasteiger partial charge in [0.25, 0.3) is 0 Å². The molecule has 0 aromatic heterocycles. The molecule has 11 atom stereocenters. The zero-order chi connectivity index (χ0) is 29.0. The highest BCUT2D eigenvalue weighted by molar-refractivity contribution is 6.38. The summed E-state index contributed by atoms with van der Waals surface area (Å²) >= 11 is 0. The van der Waals surface area contributed by atoms with Gasteiger partial charge in [-0.25, -0.2) is 14.4 Å². The quantitative estimate of drug-likeness (QED) is 0.200. The number of carboxylic acid groups (broad SMARTS) is 1. The molecular formula is C27H34O12. The van der Waals surface area contributed by atoms with E-state index in [1.807, 2.05) is 0 Å². The van der Waals surface area contributed by atoms with E-state index in [4.69, 9.17) is 14.2 Å². The minimum Gasteiger partial charge on any atom is -0.479 e. The highest BCUT2D eigenvalue weighted by Crippen LogP contribution is 2.72. The van der Waals surface area contributed by atoms with Gasteiger partial charge in [0.05, 0.1) is 24.2 Å². The fourth-order valence-corrected chi connectivity index (χ4v) is 8.42. The third-order valence-corrected chi connectivity index (χ3v) is 10.4. The number of carbonyl (C=O) groups is 5. The van der Waals surface area contributed by atoms with Crippen LogP contribution in [0.2, 0.25) is 0 Å². The Labute approximate surface area is 224 Å². The molecule has 5 fully saturated rings. The van der Waals surface area contributed by atoms with Gasteiger partial charge in [-0.3, -0.25) is 9.59 Å². The number of hydrogen-bond donors (Lipinski definition) is 4. The molecule has 3 aliphatic carbocycles. The van der Waals surface area contributed by atoms with Gasteiger partial charge in [0.2, 0.25) is 17.5 Å². The number of aliphatic hydroxyl groups is 3. The molecule has 2 saturated heterocycles. The summed E-state index contributed by atoms with van der Waals surface area (Å²) in [5.41, 5.74) is -6.23. The summed E-state index contributed by atoms with van der Waals surface area (Å²) in [7, 11) is 0. The number of ketones is 2. The molecule has 0 aromatic rings. The van der Waals surface area contributed by atoms with Crippen molar-refractivity contribution in [2.45, 2.75) is 83.1 Å². The van der Waals surface area contributed by atoms with Crippen LogP contribution in [0.4, 0.5) is 0 Å². The van der Waals surface area contributed by atoms with Crippen LogP contribution in [-0.2, 0) is 38.2 Å². The second-order valence-electron chi connectivity index (χ2n) is 12.7. The maximum absolute atomic E-state index is 13.4. The first-order chi connectivity index (χ1) is 17.9. The fourth-order valence-electron chi connectivity index (χ4n) is 8.42. The largest absolute Gasteiger partial charge is 0.479 e. The topological polar surface area (TPSA) is 194 Å². The van der Waals surface area contributed by atoms with Crippen molar-refractivity contribution >= 4 is 29.5 Å². The molecule has 11 unspecified atom stereocenters. The molecule has 4 N–H and O–H groups in total. The minimum atomic E-state index is -2.52. The SMILES string of the molecule is CC(=CC(=O)OC1C(=O)OC2CC3C(C)C(=O)C(=O)CC3(C)C3C(O)C(O)C4(C(=O)O)OCC23C14)C(C)(C)O. The van der Waals surface area contributed by atoms with Crippen LogP contribution in [0.5, 0.6) is 0 Å². The highest BCUT2D eigenvalue weighted by Gasteiger charge is 2.85. The third kappa shape index (κ3) is 3.41. The lowest BCUT2D eigenvalue weighted by molar-refractivity contribution is -0.294. The van der Waals surface area contributed by atoms with Crippen molar-refractivity contribution < 1.29 is 58.6 Å². The summed E-state index contributed by atoms with van der Waals surface area (Å²) in [6.07, 6.45) is -5.81. The van der Waals surface area contributed by atoms with Crippen LogP contribution in [-0.4, -0.2) is 92.1 Å². The first-order valence-electron chi connectivity index (χ1n) is 13.1. The zero-order valence-corrected chi connectivity index (χ0v) is 22.4. The van der Waals surface area contributed by atoms with E-state index in [0.29, 0.717) is 0 Å². The Balaban J connectivity index is 1.67. The molecule has 0 radical (unpaired) electrons. The van der Waals surface area contributed by atoms with E-state index in [2.05, 4.69) is 0 Å². The Morgan fingerprint density at radius 2 is 1.79 bits per heavy atom. The number of aliphatic carboxylic acids is 1. The molecule has 0 amide bonds. The fraction of sp³-hybridized carbons (Fsp3) is 0.741. The number of fused-ring (bicyclic) bond motifs is 2. The molecule has 3 saturated carbocycles. The van der Waals surface area contributed by atoms with Gasteiger partial charge >= 0.3 is 17.9 Å². The molecule has 1 spiro atoms. The van der Waals surface area contributed by atoms with Crippen LogP contribution >= 0.6 is 0 Å². The van der Waals surface area contributed by atoms with Gasteiger partial charge in [0, 0.05) is 29.7 Å². The van der Waals surface area contributed by atoms with Crippen molar-refractivity contribution in [3.05, 3.63) is 11.6 Å². The van der Waals surface area contributed by atoms with Gasteiger partial charge in [-0.15, -0.1) is 0 Å². The van der Waals surface area contributed by atoms with E-state index in [0.717, 1.165) is 6.08 Å². The Bertz CT molecular complexity index is 1200. The van der Waals surface area contributed by atoms with Crippen LogP contribution in [0.1, 0.15) is 47.5 Å². The highest BCUT2D eigenvalue weighted by atomic mass is 16.6. The number of hydrogen-bond acceptors (Lipinski definition) is 11. The third-order valence-electron chi connectivity index (χ3n) is 10.4. The van der Waals surface area contributed by atoms with Gasteiger partial charge in [0.1, 0.15) is 12.2 Å². The summed E-state index contributed by atoms with van der Waals surface area (Å²) in [5.74, 6) is -8.73. The summed E-state index contributed by atoms with van der Waals surface area (Å²) in [6, 6.07) is 0. The normalized spacial score (nSPS) is 47.2. The summed E-state index contributed by atoms with van der Waals surface area (Å²) < 4.78 is 17.1. The number of carbonyl (C=O) groups excluding carboxylic acids is 4. The maximum atomic E-state index is 13.4. The van der Waals surface area contributed by atoms with Gasteiger partial charge in [-0.2, -0.15) is 0 Å². The summed E-state index contributed by atoms with van der Waals surface area (Å²) in [5, 5.41) is 43.5. The molecule has 5 rings (SSSR count). The van der Waals surface area contributed by atoms with Gasteiger partial charge in [-0.1, -0.05) is 13.8 Å². The van der Waals surface area contributed by atoms with E-state index >= 15 is 0 Å². The predicted octanol–water partition coefficient (Wildman–Crippen LogP) is -0.447. The molecule has 2 aliphatic heterocycles. The first kappa shape index (κ1) is 27.9. The number of carboxylic acids is 1. The smallest absolute Gasteiger partial charge is 0.348 e. The molecule has 5 aliphatic rings. The van der Waals surface area contributed by atoms with E-state index in [-0.39, 0.29) is 25.0 Å². The Hall–Kier alpha value is -2.67. The van der Waals surface area contributed by atoms with Crippen molar-refractivity contribution in [1.82, 2.24) is 0 Å². The van der Waals surface area contributed by atoms with Crippen LogP contribution < -0.4 is 0 Å². The lowest BCUT2D eigenvalue weighted by atomic mass is 9.37. The van der Waals surface area contributed by atoms with Crippen molar-refractivity contribution in [2.24, 2.45) is 34.5 Å². The predicted molar refractivity (Wildman–Crippen MR) is 128 cm³/mol. The Kier molecular flexibility index (Phi) is 6.02. The van der Waals surface area contributed by atoms with Crippen LogP contribution in [0.3, 0.4) is 0 Å². The summed E-state index contributed by atoms with van der Waals surface area (Å²) in [4.78, 5) is 64.5. The second-order valence-corrected chi connectivity index (χ2v) is 12.7. The molecule has 2 bridgehead atoms. The van der Waals surface area contributed by atoms with Crippen LogP contribution in [0.25, 0.3) is 0 Å². The number of aliphatic hydroxyl groups excluding tert-OH is 2. The molecular weight excluding hydrogens is 516 g/mol. The van der Waals surface area contributed by atoms with E-state index in [9.17, 15) is 44.4 Å². The molecule has 12 heteroatoms. The van der Waals surface area contributed by atoms with Crippen molar-refractivity contribution in [2.75, 3.05) is 6.61 Å². The van der Waals surface area contributed by atoms with Crippen LogP contribution in [0.15, 0.2) is 11.6 Å². The Morgan fingerprint density at radius 1 is 1.15 bits per heavy atom. The van der Waals surface area contributed by atoms with E-state index < -0.39 is 99.6 Å². The van der Waals surface area contributed by atoms with E-state index in [1.54, 1.807) is 13.8 Å². The average molecular weight is 551 g/mol. The van der Waals surface area contributed by atoms with Crippen molar-refractivity contribution in [3.63, 3.8) is 0 Å². The number of Topliss-reactive ketones (excluding diaryl/α,β-unsaturated/α-hetero) is 2. The van der Waals surface area contributed by atoms with Gasteiger partial charge < -0.3 is 34.6 Å². The lowest BCUT2D eigenvalue weighted by Crippen LogP contribution is -2.79. The Morgan fingerprint density at radius 3 is 2.38 bits per heavy atom. The average Bonchev–Trinajstić information content (AvgIpc) is 3.13. The van der Waals surface area contributed by atoms with Gasteiger partial charge in [-0.05, 0) is 44.1 Å². The van der Waals surface area contributed by atoms with Gasteiger partial charge in [0.15, 0.2) is 5.78 Å². The second kappa shape index (κ2) is 8.42. The van der Waals surface area contributed by atoms with E-state index in [1.165, 1.54) is 20.8 Å². The lowest BCUT2D eigenvalue weighted by Gasteiger charge is -2.67.